The molecule has 0 aliphatic heterocycles. The van der Waals surface area contributed by atoms with E-state index in [1.54, 1.807) is 26.0 Å². The van der Waals surface area contributed by atoms with Crippen molar-refractivity contribution in [3.8, 4) is 0 Å². The highest BCUT2D eigenvalue weighted by atomic mass is 35.5. The van der Waals surface area contributed by atoms with Crippen molar-refractivity contribution in [3.63, 3.8) is 0 Å². The summed E-state index contributed by atoms with van der Waals surface area (Å²) in [5.74, 6) is -0.0443. The molecule has 0 aliphatic rings. The molecule has 0 spiro atoms. The molecule has 1 aromatic carbocycles. The van der Waals surface area contributed by atoms with Crippen molar-refractivity contribution in [2.75, 3.05) is 19.1 Å². The Hall–Kier alpha value is -0.840. The van der Waals surface area contributed by atoms with E-state index in [-0.39, 0.29) is 30.7 Å². The summed E-state index contributed by atoms with van der Waals surface area (Å²) in [5.41, 5.74) is 1.06. The first-order chi connectivity index (χ1) is 8.61. The monoisotopic (exact) mass is 309 g/mol. The Bertz CT molecular complexity index is 416. The van der Waals surface area contributed by atoms with Gasteiger partial charge in [-0.05, 0) is 31.0 Å². The number of ether oxygens (including phenoxy) is 2. The standard InChI is InChI=1S/C13H17ClFNO2.ClH/c1-3-17-13(16)12(18-8-7-14)10-5-4-6-11(15)9(10)2;/h4-6,12,16H,3,7-8H2,1-2H3;1H. The summed E-state index contributed by atoms with van der Waals surface area (Å²) in [6, 6.07) is 4.69. The minimum atomic E-state index is -0.709. The van der Waals surface area contributed by atoms with E-state index in [0.29, 0.717) is 23.6 Å². The van der Waals surface area contributed by atoms with Crippen molar-refractivity contribution < 1.29 is 13.9 Å². The molecule has 1 aromatic rings. The van der Waals surface area contributed by atoms with Gasteiger partial charge in [0.15, 0.2) is 6.10 Å². The van der Waals surface area contributed by atoms with Gasteiger partial charge in [0.05, 0.1) is 13.2 Å². The Morgan fingerprint density at radius 1 is 1.47 bits per heavy atom. The van der Waals surface area contributed by atoms with E-state index in [1.165, 1.54) is 6.07 Å². The molecule has 0 heterocycles. The maximum absolute atomic E-state index is 13.5. The van der Waals surface area contributed by atoms with Crippen LogP contribution in [-0.2, 0) is 9.47 Å². The normalized spacial score (nSPS) is 11.6. The van der Waals surface area contributed by atoms with Crippen LogP contribution in [0.5, 0.6) is 0 Å². The third-order valence-electron chi connectivity index (χ3n) is 2.49. The average molecular weight is 310 g/mol. The van der Waals surface area contributed by atoms with Gasteiger partial charge in [0.1, 0.15) is 5.82 Å². The molecule has 0 radical (unpaired) electrons. The van der Waals surface area contributed by atoms with Crippen LogP contribution in [0.2, 0.25) is 0 Å². The average Bonchev–Trinajstić information content (AvgIpc) is 2.35. The van der Waals surface area contributed by atoms with Gasteiger partial charge in [0, 0.05) is 5.88 Å². The lowest BCUT2D eigenvalue weighted by molar-refractivity contribution is 0.0883. The van der Waals surface area contributed by atoms with Crippen LogP contribution < -0.4 is 0 Å². The van der Waals surface area contributed by atoms with Gasteiger partial charge in [-0.3, -0.25) is 5.41 Å². The van der Waals surface area contributed by atoms with Crippen molar-refractivity contribution in [3.05, 3.63) is 35.1 Å². The lowest BCUT2D eigenvalue weighted by Crippen LogP contribution is -2.20. The first-order valence-corrected chi connectivity index (χ1v) is 6.29. The van der Waals surface area contributed by atoms with Crippen LogP contribution in [0.1, 0.15) is 24.2 Å². The maximum atomic E-state index is 13.5. The Balaban J connectivity index is 0.00000324. The van der Waals surface area contributed by atoms with E-state index in [2.05, 4.69) is 0 Å². The van der Waals surface area contributed by atoms with Gasteiger partial charge in [0.2, 0.25) is 5.90 Å². The summed E-state index contributed by atoms with van der Waals surface area (Å²) in [4.78, 5) is 0. The Labute approximate surface area is 124 Å². The highest BCUT2D eigenvalue weighted by Gasteiger charge is 2.22. The molecule has 108 valence electrons. The highest BCUT2D eigenvalue weighted by Crippen LogP contribution is 2.24. The predicted molar refractivity (Wildman–Crippen MR) is 77.2 cm³/mol. The summed E-state index contributed by atoms with van der Waals surface area (Å²) in [5, 5.41) is 7.82. The Morgan fingerprint density at radius 2 is 2.16 bits per heavy atom. The number of hydrogen-bond acceptors (Lipinski definition) is 3. The SMILES string of the molecule is CCOC(=N)C(OCCCl)c1cccc(F)c1C.Cl. The molecule has 1 N–H and O–H groups in total. The fraction of sp³-hybridized carbons (Fsp3) is 0.462. The van der Waals surface area contributed by atoms with Crippen LogP contribution in [0, 0.1) is 18.2 Å². The summed E-state index contributed by atoms with van der Waals surface area (Å²) in [6.07, 6.45) is -0.709. The van der Waals surface area contributed by atoms with Gasteiger partial charge in [-0.2, -0.15) is 0 Å². The second kappa shape index (κ2) is 9.13. The van der Waals surface area contributed by atoms with Gasteiger partial charge < -0.3 is 9.47 Å². The summed E-state index contributed by atoms with van der Waals surface area (Å²) in [7, 11) is 0. The van der Waals surface area contributed by atoms with Crippen LogP contribution >= 0.6 is 24.0 Å². The first kappa shape index (κ1) is 18.2. The number of benzene rings is 1. The van der Waals surface area contributed by atoms with Crippen molar-refractivity contribution in [2.24, 2.45) is 0 Å². The van der Waals surface area contributed by atoms with Gasteiger partial charge in [-0.25, -0.2) is 4.39 Å². The van der Waals surface area contributed by atoms with Gasteiger partial charge >= 0.3 is 0 Å². The molecular formula is C13H18Cl2FNO2. The molecule has 1 rings (SSSR count). The molecule has 0 saturated carbocycles. The number of nitrogens with one attached hydrogen (secondary N) is 1. The minimum absolute atomic E-state index is 0. The second-order valence-corrected chi connectivity index (χ2v) is 4.07. The van der Waals surface area contributed by atoms with E-state index in [0.717, 1.165) is 0 Å². The fourth-order valence-corrected chi connectivity index (χ4v) is 1.70. The van der Waals surface area contributed by atoms with Crippen LogP contribution in [-0.4, -0.2) is 25.0 Å². The molecule has 1 unspecified atom stereocenters. The molecule has 1 atom stereocenters. The smallest absolute Gasteiger partial charge is 0.215 e. The Morgan fingerprint density at radius 3 is 2.74 bits per heavy atom. The third kappa shape index (κ3) is 4.97. The summed E-state index contributed by atoms with van der Waals surface area (Å²) < 4.78 is 24.1. The zero-order valence-corrected chi connectivity index (χ0v) is 12.5. The summed E-state index contributed by atoms with van der Waals surface area (Å²) in [6.45, 7) is 4.08. The van der Waals surface area contributed by atoms with Crippen LogP contribution in [0.15, 0.2) is 18.2 Å². The van der Waals surface area contributed by atoms with Crippen LogP contribution in [0.4, 0.5) is 4.39 Å². The quantitative estimate of drug-likeness (QED) is 0.492. The molecule has 6 heteroatoms. The van der Waals surface area contributed by atoms with Crippen molar-refractivity contribution in [2.45, 2.75) is 20.0 Å². The topological polar surface area (TPSA) is 42.3 Å². The van der Waals surface area contributed by atoms with E-state index in [9.17, 15) is 4.39 Å². The van der Waals surface area contributed by atoms with E-state index < -0.39 is 6.10 Å². The molecule has 0 fully saturated rings. The van der Waals surface area contributed by atoms with Gasteiger partial charge in [-0.15, -0.1) is 24.0 Å². The largest absolute Gasteiger partial charge is 0.479 e. The number of rotatable bonds is 6. The zero-order valence-electron chi connectivity index (χ0n) is 10.9. The molecule has 0 aliphatic carbocycles. The van der Waals surface area contributed by atoms with E-state index in [4.69, 9.17) is 26.5 Å². The van der Waals surface area contributed by atoms with Gasteiger partial charge in [-0.1, -0.05) is 12.1 Å². The molecule has 0 amide bonds. The fourth-order valence-electron chi connectivity index (χ4n) is 1.61. The molecule has 3 nitrogen and oxygen atoms in total. The highest BCUT2D eigenvalue weighted by molar-refractivity contribution is 6.17. The van der Waals surface area contributed by atoms with Gasteiger partial charge in [0.25, 0.3) is 0 Å². The molecule has 0 aromatic heterocycles. The summed E-state index contributed by atoms with van der Waals surface area (Å²) >= 11 is 5.58. The lowest BCUT2D eigenvalue weighted by Gasteiger charge is -2.20. The van der Waals surface area contributed by atoms with E-state index >= 15 is 0 Å². The molecular weight excluding hydrogens is 292 g/mol. The number of halogens is 3. The molecule has 0 saturated heterocycles. The second-order valence-electron chi connectivity index (χ2n) is 3.69. The maximum Gasteiger partial charge on any atom is 0.215 e. The lowest BCUT2D eigenvalue weighted by atomic mass is 10.0. The molecule has 0 bridgehead atoms. The number of alkyl halides is 1. The third-order valence-corrected chi connectivity index (χ3v) is 2.65. The molecule has 19 heavy (non-hydrogen) atoms. The van der Waals surface area contributed by atoms with Crippen molar-refractivity contribution >= 4 is 29.9 Å². The van der Waals surface area contributed by atoms with Crippen LogP contribution in [0.25, 0.3) is 0 Å². The van der Waals surface area contributed by atoms with Crippen molar-refractivity contribution in [1.82, 2.24) is 0 Å². The minimum Gasteiger partial charge on any atom is -0.479 e. The van der Waals surface area contributed by atoms with Crippen molar-refractivity contribution in [1.29, 1.82) is 5.41 Å². The number of hydrogen-bond donors (Lipinski definition) is 1. The zero-order chi connectivity index (χ0) is 13.5. The van der Waals surface area contributed by atoms with E-state index in [1.807, 2.05) is 0 Å². The predicted octanol–water partition coefficient (Wildman–Crippen LogP) is 3.87. The Kier molecular flexibility index (Phi) is 8.72. The first-order valence-electron chi connectivity index (χ1n) is 5.75. The van der Waals surface area contributed by atoms with Crippen LogP contribution in [0.3, 0.4) is 0 Å².